The first-order chi connectivity index (χ1) is 16.6. The largest absolute Gasteiger partial charge is 0.459 e. The third kappa shape index (κ3) is 4.51. The summed E-state index contributed by atoms with van der Waals surface area (Å²) < 4.78 is 18.5. The van der Waals surface area contributed by atoms with Crippen molar-refractivity contribution in [2.45, 2.75) is 5.03 Å². The van der Waals surface area contributed by atoms with Gasteiger partial charge in [0.15, 0.2) is 5.76 Å². The second-order valence-electron chi connectivity index (χ2n) is 7.85. The van der Waals surface area contributed by atoms with Gasteiger partial charge in [-0.2, -0.15) is 0 Å². The smallest absolute Gasteiger partial charge is 0.289 e. The zero-order valence-corrected chi connectivity index (χ0v) is 19.0. The van der Waals surface area contributed by atoms with Crippen molar-refractivity contribution in [3.63, 3.8) is 0 Å². The molecule has 1 aliphatic heterocycles. The highest BCUT2D eigenvalue weighted by Gasteiger charge is 2.26. The second-order valence-corrected chi connectivity index (χ2v) is 8.81. The number of hydrogen-bond donors (Lipinski definition) is 0. The summed E-state index contributed by atoms with van der Waals surface area (Å²) in [5, 5.41) is 11.2. The van der Waals surface area contributed by atoms with Crippen molar-refractivity contribution in [3.8, 4) is 11.3 Å². The van der Waals surface area contributed by atoms with Gasteiger partial charge in [0, 0.05) is 42.5 Å². The number of thioether (sulfide) groups is 1. The number of furan rings is 1. The Morgan fingerprint density at radius 3 is 2.29 bits per heavy atom. The van der Waals surface area contributed by atoms with E-state index < -0.39 is 0 Å². The van der Waals surface area contributed by atoms with Crippen LogP contribution in [0.2, 0.25) is 0 Å². The topological polar surface area (TPSA) is 79.5 Å². The van der Waals surface area contributed by atoms with Crippen LogP contribution < -0.4 is 0 Å². The first kappa shape index (κ1) is 22.1. The molecule has 1 fully saturated rings. The molecule has 1 aliphatic rings. The predicted octanol–water partition coefficient (Wildman–Crippen LogP) is 4.11. The molecular formula is C25H21FN4O3S. The molecule has 4 aromatic rings. The van der Waals surface area contributed by atoms with E-state index in [4.69, 9.17) is 4.42 Å². The molecule has 5 rings (SSSR count). The number of rotatable bonds is 5. The number of amides is 2. The Morgan fingerprint density at radius 1 is 0.882 bits per heavy atom. The van der Waals surface area contributed by atoms with E-state index in [1.807, 2.05) is 24.3 Å². The van der Waals surface area contributed by atoms with E-state index in [9.17, 15) is 14.0 Å². The fourth-order valence-corrected chi connectivity index (χ4v) is 4.82. The maximum absolute atomic E-state index is 13.3. The van der Waals surface area contributed by atoms with Crippen molar-refractivity contribution >= 4 is 34.3 Å². The Hall–Kier alpha value is -3.72. The van der Waals surface area contributed by atoms with Crippen LogP contribution in [0.15, 0.2) is 76.4 Å². The summed E-state index contributed by atoms with van der Waals surface area (Å²) in [4.78, 5) is 28.7. The summed E-state index contributed by atoms with van der Waals surface area (Å²) in [5.74, 6) is 0.0570. The lowest BCUT2D eigenvalue weighted by atomic mass is 10.1. The predicted molar refractivity (Wildman–Crippen MR) is 127 cm³/mol. The Morgan fingerprint density at radius 2 is 1.59 bits per heavy atom. The summed E-state index contributed by atoms with van der Waals surface area (Å²) in [5.41, 5.74) is 1.45. The quantitative estimate of drug-likeness (QED) is 0.404. The number of hydrogen-bond acceptors (Lipinski definition) is 6. The number of aromatic nitrogens is 2. The van der Waals surface area contributed by atoms with Gasteiger partial charge in [0.2, 0.25) is 5.91 Å². The monoisotopic (exact) mass is 476 g/mol. The first-order valence-electron chi connectivity index (χ1n) is 10.8. The average molecular weight is 477 g/mol. The number of fused-ring (bicyclic) bond motifs is 1. The van der Waals surface area contributed by atoms with E-state index in [2.05, 4.69) is 10.2 Å². The molecule has 34 heavy (non-hydrogen) atoms. The highest BCUT2D eigenvalue weighted by atomic mass is 32.2. The molecule has 9 heteroatoms. The molecular weight excluding hydrogens is 455 g/mol. The van der Waals surface area contributed by atoms with Crippen LogP contribution in [0.5, 0.6) is 0 Å². The number of carbonyl (C=O) groups is 2. The second kappa shape index (κ2) is 9.64. The van der Waals surface area contributed by atoms with Gasteiger partial charge in [-0.25, -0.2) is 4.39 Å². The van der Waals surface area contributed by atoms with Gasteiger partial charge in [0.1, 0.15) is 16.5 Å². The van der Waals surface area contributed by atoms with Crippen LogP contribution in [0, 0.1) is 5.82 Å². The highest BCUT2D eigenvalue weighted by molar-refractivity contribution is 8.00. The molecule has 0 radical (unpaired) electrons. The van der Waals surface area contributed by atoms with E-state index in [-0.39, 0.29) is 23.4 Å². The molecule has 2 aromatic carbocycles. The van der Waals surface area contributed by atoms with Gasteiger partial charge in [-0.3, -0.25) is 9.59 Å². The van der Waals surface area contributed by atoms with Gasteiger partial charge in [-0.05, 0) is 36.4 Å². The van der Waals surface area contributed by atoms with Crippen LogP contribution in [0.4, 0.5) is 4.39 Å². The molecule has 1 saturated heterocycles. The van der Waals surface area contributed by atoms with Gasteiger partial charge in [-0.1, -0.05) is 36.0 Å². The Balaban J connectivity index is 1.25. The Labute approximate surface area is 199 Å². The minimum atomic E-state index is -0.308. The van der Waals surface area contributed by atoms with Crippen molar-refractivity contribution < 1.29 is 18.4 Å². The Kier molecular flexibility index (Phi) is 6.27. The SMILES string of the molecule is O=C(CSc1nnc(-c2ccc(F)cc2)c2ccccc12)N1CCN(C(=O)c2ccco2)CC1. The number of benzene rings is 2. The number of nitrogens with zero attached hydrogens (tertiary/aromatic N) is 4. The van der Waals surface area contributed by atoms with E-state index in [1.54, 1.807) is 34.1 Å². The maximum atomic E-state index is 13.3. The van der Waals surface area contributed by atoms with Gasteiger partial charge in [0.05, 0.1) is 12.0 Å². The number of piperazine rings is 1. The minimum Gasteiger partial charge on any atom is -0.459 e. The highest BCUT2D eigenvalue weighted by Crippen LogP contribution is 2.32. The Bertz CT molecular complexity index is 1320. The van der Waals surface area contributed by atoms with Gasteiger partial charge < -0.3 is 14.2 Å². The summed E-state index contributed by atoms with van der Waals surface area (Å²) >= 11 is 1.34. The number of carbonyl (C=O) groups excluding carboxylic acids is 2. The molecule has 3 heterocycles. The summed E-state index contributed by atoms with van der Waals surface area (Å²) in [7, 11) is 0. The van der Waals surface area contributed by atoms with E-state index >= 15 is 0 Å². The fourth-order valence-electron chi connectivity index (χ4n) is 3.94. The summed E-state index contributed by atoms with van der Waals surface area (Å²) in [6.07, 6.45) is 1.48. The van der Waals surface area contributed by atoms with Gasteiger partial charge in [-0.15, -0.1) is 10.2 Å². The van der Waals surface area contributed by atoms with Crippen LogP contribution in [0.25, 0.3) is 22.0 Å². The number of halogens is 1. The lowest BCUT2D eigenvalue weighted by Crippen LogP contribution is -2.51. The molecule has 0 bridgehead atoms. The van der Waals surface area contributed by atoms with Crippen LogP contribution >= 0.6 is 11.8 Å². The molecule has 0 aliphatic carbocycles. The normalized spacial score (nSPS) is 13.9. The standard InChI is InChI=1S/C25H21FN4O3S/c26-18-9-7-17(8-10-18)23-19-4-1-2-5-20(19)24(28-27-23)34-16-22(31)29-11-13-30(14-12-29)25(32)21-6-3-15-33-21/h1-10,15H,11-14,16H2. The van der Waals surface area contributed by atoms with Crippen LogP contribution in [-0.4, -0.2) is 63.7 Å². The third-order valence-electron chi connectivity index (χ3n) is 5.75. The average Bonchev–Trinajstić information content (AvgIpc) is 3.42. The van der Waals surface area contributed by atoms with Crippen molar-refractivity contribution in [1.29, 1.82) is 0 Å². The zero-order valence-electron chi connectivity index (χ0n) is 18.2. The lowest BCUT2D eigenvalue weighted by Gasteiger charge is -2.34. The van der Waals surface area contributed by atoms with Crippen molar-refractivity contribution in [1.82, 2.24) is 20.0 Å². The fraction of sp³-hybridized carbons (Fsp3) is 0.200. The van der Waals surface area contributed by atoms with Crippen molar-refractivity contribution in [2.24, 2.45) is 0 Å². The van der Waals surface area contributed by atoms with Gasteiger partial charge in [0.25, 0.3) is 5.91 Å². The molecule has 2 aromatic heterocycles. The third-order valence-corrected chi connectivity index (χ3v) is 6.72. The lowest BCUT2D eigenvalue weighted by molar-refractivity contribution is -0.129. The molecule has 0 spiro atoms. The molecule has 0 unspecified atom stereocenters. The van der Waals surface area contributed by atoms with E-state index in [0.717, 1.165) is 16.3 Å². The van der Waals surface area contributed by atoms with Crippen LogP contribution in [0.1, 0.15) is 10.6 Å². The minimum absolute atomic E-state index is 0.0106. The molecule has 0 N–H and O–H groups in total. The molecule has 0 saturated carbocycles. The van der Waals surface area contributed by atoms with Crippen molar-refractivity contribution in [3.05, 3.63) is 78.5 Å². The molecule has 7 nitrogen and oxygen atoms in total. The summed E-state index contributed by atoms with van der Waals surface area (Å²) in [6, 6.07) is 17.2. The van der Waals surface area contributed by atoms with E-state index in [0.29, 0.717) is 42.7 Å². The molecule has 172 valence electrons. The zero-order chi connectivity index (χ0) is 23.5. The van der Waals surface area contributed by atoms with E-state index in [1.165, 1.54) is 30.2 Å². The van der Waals surface area contributed by atoms with Crippen molar-refractivity contribution in [2.75, 3.05) is 31.9 Å². The van der Waals surface area contributed by atoms with Crippen LogP contribution in [0.3, 0.4) is 0 Å². The first-order valence-corrected chi connectivity index (χ1v) is 11.8. The summed E-state index contributed by atoms with van der Waals surface area (Å²) in [6.45, 7) is 1.87. The van der Waals surface area contributed by atoms with Crippen LogP contribution in [-0.2, 0) is 4.79 Å². The molecule has 2 amide bonds. The van der Waals surface area contributed by atoms with Gasteiger partial charge >= 0.3 is 0 Å². The maximum Gasteiger partial charge on any atom is 0.289 e. The molecule has 0 atom stereocenters.